The van der Waals surface area contributed by atoms with Gasteiger partial charge in [-0.15, -0.1) is 10.2 Å². The SMILES string of the molecule is CC(C)(Oc1ccccc1)C(=O)Nc1ccc2nn(-c3cccc(Cl)c3)nc2c1. The number of hydrogen-bond acceptors (Lipinski definition) is 4. The molecule has 1 N–H and O–H groups in total. The maximum atomic E-state index is 12.7. The second-order valence-corrected chi connectivity index (χ2v) is 7.49. The van der Waals surface area contributed by atoms with Gasteiger partial charge in [-0.05, 0) is 62.4 Å². The zero-order valence-corrected chi connectivity index (χ0v) is 16.7. The molecule has 1 aromatic heterocycles. The minimum absolute atomic E-state index is 0.261. The zero-order chi connectivity index (χ0) is 20.4. The Morgan fingerprint density at radius 3 is 2.48 bits per heavy atom. The lowest BCUT2D eigenvalue weighted by atomic mass is 10.1. The van der Waals surface area contributed by atoms with Crippen molar-refractivity contribution >= 4 is 34.2 Å². The number of rotatable bonds is 5. The minimum atomic E-state index is -1.05. The van der Waals surface area contributed by atoms with Crippen molar-refractivity contribution in [3.63, 3.8) is 0 Å². The number of carbonyl (C=O) groups is 1. The number of anilines is 1. The van der Waals surface area contributed by atoms with Crippen molar-refractivity contribution in [2.24, 2.45) is 0 Å². The standard InChI is InChI=1S/C22H19ClN4O2/c1-22(2,29-18-9-4-3-5-10-18)21(28)24-16-11-12-19-20(14-16)26-27(25-19)17-8-6-7-15(23)13-17/h3-14H,1-2H3,(H,24,28). The Labute approximate surface area is 173 Å². The summed E-state index contributed by atoms with van der Waals surface area (Å²) < 4.78 is 5.84. The number of halogens is 1. The summed E-state index contributed by atoms with van der Waals surface area (Å²) in [6.07, 6.45) is 0. The second kappa shape index (κ2) is 7.56. The van der Waals surface area contributed by atoms with E-state index >= 15 is 0 Å². The van der Waals surface area contributed by atoms with Crippen molar-refractivity contribution in [2.45, 2.75) is 19.4 Å². The quantitative estimate of drug-likeness (QED) is 0.513. The summed E-state index contributed by atoms with van der Waals surface area (Å²) in [6.45, 7) is 3.45. The largest absolute Gasteiger partial charge is 0.478 e. The van der Waals surface area contributed by atoms with E-state index in [1.165, 1.54) is 4.80 Å². The van der Waals surface area contributed by atoms with Gasteiger partial charge in [-0.2, -0.15) is 4.80 Å². The number of para-hydroxylation sites is 1. The first-order valence-corrected chi connectivity index (χ1v) is 9.47. The molecule has 0 radical (unpaired) electrons. The first kappa shape index (κ1) is 19.0. The van der Waals surface area contributed by atoms with Gasteiger partial charge >= 0.3 is 0 Å². The monoisotopic (exact) mass is 406 g/mol. The molecule has 0 aliphatic carbocycles. The van der Waals surface area contributed by atoms with Crippen LogP contribution in [0.3, 0.4) is 0 Å². The van der Waals surface area contributed by atoms with E-state index in [4.69, 9.17) is 16.3 Å². The van der Waals surface area contributed by atoms with E-state index in [1.54, 1.807) is 38.1 Å². The summed E-state index contributed by atoms with van der Waals surface area (Å²) in [5.74, 6) is 0.371. The van der Waals surface area contributed by atoms with Crippen molar-refractivity contribution in [3.8, 4) is 11.4 Å². The molecular weight excluding hydrogens is 388 g/mol. The number of fused-ring (bicyclic) bond motifs is 1. The molecule has 0 spiro atoms. The Morgan fingerprint density at radius 2 is 1.72 bits per heavy atom. The number of ether oxygens (including phenoxy) is 1. The van der Waals surface area contributed by atoms with Crippen LogP contribution in [0.2, 0.25) is 5.02 Å². The number of nitrogens with one attached hydrogen (secondary N) is 1. The molecular formula is C22H19ClN4O2. The summed E-state index contributed by atoms with van der Waals surface area (Å²) in [7, 11) is 0. The fraction of sp³-hybridized carbons (Fsp3) is 0.136. The first-order valence-electron chi connectivity index (χ1n) is 9.09. The lowest BCUT2D eigenvalue weighted by molar-refractivity contribution is -0.128. The average Bonchev–Trinajstić information content (AvgIpc) is 3.12. The van der Waals surface area contributed by atoms with Crippen LogP contribution >= 0.6 is 11.6 Å². The van der Waals surface area contributed by atoms with Crippen LogP contribution in [0.4, 0.5) is 5.69 Å². The lowest BCUT2D eigenvalue weighted by Crippen LogP contribution is -2.42. The Balaban J connectivity index is 1.54. The number of benzene rings is 3. The van der Waals surface area contributed by atoms with Gasteiger partial charge in [0.25, 0.3) is 5.91 Å². The van der Waals surface area contributed by atoms with E-state index in [1.807, 2.05) is 48.5 Å². The van der Waals surface area contributed by atoms with Crippen molar-refractivity contribution < 1.29 is 9.53 Å². The fourth-order valence-corrected chi connectivity index (χ4v) is 3.00. The topological polar surface area (TPSA) is 69.0 Å². The van der Waals surface area contributed by atoms with Crippen molar-refractivity contribution in [2.75, 3.05) is 5.32 Å². The zero-order valence-electron chi connectivity index (χ0n) is 16.0. The third-order valence-corrected chi connectivity index (χ3v) is 4.58. The highest BCUT2D eigenvalue weighted by atomic mass is 35.5. The molecule has 0 atom stereocenters. The van der Waals surface area contributed by atoms with Gasteiger partial charge < -0.3 is 10.1 Å². The van der Waals surface area contributed by atoms with E-state index in [0.717, 1.165) is 5.69 Å². The van der Waals surface area contributed by atoms with E-state index < -0.39 is 5.60 Å². The molecule has 29 heavy (non-hydrogen) atoms. The maximum Gasteiger partial charge on any atom is 0.267 e. The van der Waals surface area contributed by atoms with Gasteiger partial charge in [0.1, 0.15) is 16.8 Å². The van der Waals surface area contributed by atoms with Crippen molar-refractivity contribution in [1.29, 1.82) is 0 Å². The van der Waals surface area contributed by atoms with E-state index in [0.29, 0.717) is 27.5 Å². The van der Waals surface area contributed by atoms with E-state index in [-0.39, 0.29) is 5.91 Å². The number of aromatic nitrogens is 3. The van der Waals surface area contributed by atoms with Crippen LogP contribution in [-0.2, 0) is 4.79 Å². The van der Waals surface area contributed by atoms with Gasteiger partial charge in [-0.25, -0.2) is 0 Å². The average molecular weight is 407 g/mol. The summed E-state index contributed by atoms with van der Waals surface area (Å²) in [4.78, 5) is 14.3. The molecule has 0 unspecified atom stereocenters. The Hall–Kier alpha value is -3.38. The van der Waals surface area contributed by atoms with Gasteiger partial charge in [0.2, 0.25) is 0 Å². The number of hydrogen-bond donors (Lipinski definition) is 1. The molecule has 0 aliphatic rings. The van der Waals surface area contributed by atoms with E-state index in [9.17, 15) is 4.79 Å². The van der Waals surface area contributed by atoms with Crippen molar-refractivity contribution in [3.05, 3.63) is 77.8 Å². The molecule has 6 nitrogen and oxygen atoms in total. The van der Waals surface area contributed by atoms with Crippen molar-refractivity contribution in [1.82, 2.24) is 15.0 Å². The first-order chi connectivity index (χ1) is 13.9. The third kappa shape index (κ3) is 4.22. The van der Waals surface area contributed by atoms with Crippen LogP contribution in [0.15, 0.2) is 72.8 Å². The van der Waals surface area contributed by atoms with Gasteiger partial charge in [-0.3, -0.25) is 4.79 Å². The molecule has 146 valence electrons. The van der Waals surface area contributed by atoms with Gasteiger partial charge in [0.15, 0.2) is 5.60 Å². The van der Waals surface area contributed by atoms with Crippen LogP contribution in [0.1, 0.15) is 13.8 Å². The predicted molar refractivity (Wildman–Crippen MR) is 114 cm³/mol. The Morgan fingerprint density at radius 1 is 0.966 bits per heavy atom. The molecule has 1 amide bonds. The summed E-state index contributed by atoms with van der Waals surface area (Å²) in [5.41, 5.74) is 1.70. The molecule has 7 heteroatoms. The normalized spacial score (nSPS) is 11.4. The molecule has 0 saturated carbocycles. The third-order valence-electron chi connectivity index (χ3n) is 4.34. The molecule has 0 saturated heterocycles. The van der Waals surface area contributed by atoms with Crippen LogP contribution in [0.5, 0.6) is 5.75 Å². The predicted octanol–water partition coefficient (Wildman–Crippen LogP) is 4.87. The molecule has 4 aromatic rings. The van der Waals surface area contributed by atoms with E-state index in [2.05, 4.69) is 15.5 Å². The highest BCUT2D eigenvalue weighted by Crippen LogP contribution is 2.22. The minimum Gasteiger partial charge on any atom is -0.478 e. The molecule has 4 rings (SSSR count). The molecule has 3 aromatic carbocycles. The number of carbonyl (C=O) groups excluding carboxylic acids is 1. The van der Waals surface area contributed by atoms with Gasteiger partial charge in [0.05, 0.1) is 5.69 Å². The van der Waals surface area contributed by atoms with Crippen LogP contribution in [0, 0.1) is 0 Å². The van der Waals surface area contributed by atoms with Crippen LogP contribution in [-0.4, -0.2) is 26.5 Å². The summed E-state index contributed by atoms with van der Waals surface area (Å²) >= 11 is 6.05. The van der Waals surface area contributed by atoms with Gasteiger partial charge in [-0.1, -0.05) is 35.9 Å². The second-order valence-electron chi connectivity index (χ2n) is 7.05. The number of amides is 1. The van der Waals surface area contributed by atoms with Crippen LogP contribution < -0.4 is 10.1 Å². The maximum absolute atomic E-state index is 12.7. The summed E-state index contributed by atoms with van der Waals surface area (Å²) in [6, 6.07) is 21.9. The molecule has 0 aliphatic heterocycles. The Kier molecular flexibility index (Phi) is 4.94. The summed E-state index contributed by atoms with van der Waals surface area (Å²) in [5, 5.41) is 12.4. The molecule has 1 heterocycles. The van der Waals surface area contributed by atoms with Gasteiger partial charge in [0, 0.05) is 10.7 Å². The molecule has 0 fully saturated rings. The highest BCUT2D eigenvalue weighted by molar-refractivity contribution is 6.30. The smallest absolute Gasteiger partial charge is 0.267 e. The fourth-order valence-electron chi connectivity index (χ4n) is 2.82. The van der Waals surface area contributed by atoms with Crippen LogP contribution in [0.25, 0.3) is 16.7 Å². The number of nitrogens with zero attached hydrogens (tertiary/aromatic N) is 3. The lowest BCUT2D eigenvalue weighted by Gasteiger charge is -2.25. The highest BCUT2D eigenvalue weighted by Gasteiger charge is 2.30. The molecule has 0 bridgehead atoms. The Bertz CT molecular complexity index is 1170.